The van der Waals surface area contributed by atoms with Gasteiger partial charge in [0.1, 0.15) is 108 Å². The van der Waals surface area contributed by atoms with Crippen LogP contribution >= 0.6 is 11.3 Å². The van der Waals surface area contributed by atoms with Crippen LogP contribution in [0.2, 0.25) is 0 Å². The lowest BCUT2D eigenvalue weighted by Gasteiger charge is -2.11. The molecule has 740 valence electrons. The van der Waals surface area contributed by atoms with Gasteiger partial charge in [0.05, 0.1) is 52.1 Å². The second kappa shape index (κ2) is 43.5. The summed E-state index contributed by atoms with van der Waals surface area (Å²) in [7, 11) is 8.16. The van der Waals surface area contributed by atoms with E-state index in [2.05, 4.69) is 102 Å². The first-order valence-electron chi connectivity index (χ1n) is 46.1. The molecule has 24 aromatic rings. The van der Waals surface area contributed by atoms with E-state index in [1.165, 1.54) is 46.8 Å². The quantitative estimate of drug-likeness (QED) is 0.0480. The summed E-state index contributed by atoms with van der Waals surface area (Å²) in [6, 6.07) is 88.6. The number of alkyl halides is 3. The number of methoxy groups -OCH3 is 5. The number of pyridine rings is 7. The summed E-state index contributed by atoms with van der Waals surface area (Å²) < 4.78 is 149. The van der Waals surface area contributed by atoms with Crippen molar-refractivity contribution in [3.8, 4) is 113 Å². The van der Waals surface area contributed by atoms with Crippen molar-refractivity contribution >= 4 is 93.7 Å². The first-order chi connectivity index (χ1) is 72.7. The highest BCUT2D eigenvalue weighted by Gasteiger charge is 2.31. The lowest BCUT2D eigenvalue weighted by Crippen LogP contribution is -2.17. The zero-order valence-electron chi connectivity index (χ0n) is 80.1. The zero-order chi connectivity index (χ0) is 103. The molecule has 11 aromatic carbocycles. The molecule has 0 aliphatic rings. The summed E-state index contributed by atoms with van der Waals surface area (Å²) in [6.07, 6.45) is 7.80. The van der Waals surface area contributed by atoms with Crippen molar-refractivity contribution in [2.24, 2.45) is 0 Å². The standard InChI is InChI=1S/C25H18F3N3O3.C24H17F2N3O2.C24H18FN3O2.C22H18N4O2S.C18H13N5O2/c1-32-19-9-10-21-17(13-19)5-3-7-22(21)33-15-24-30-29-23-11-8-18(14-31(23)24)16-4-2-6-20(12-16)34-25(26,27)28;1-30-18-7-8-19-16(11-18)3-2-4-22(19)31-14-24-28-27-23-10-6-17(13-29(23)24)15-5-9-20(25)21(26)12-15;1-29-18-10-11-20-16(13-18)5-4-8-22(20)30-15-24-27-26-23-12-9-17(14-28(23)24)19-6-2-3-7-21(19)25;1-14-9-20(29-13-14)15-3-6-21-24-25-22(26(21)11-15)12-28-19-7-8-23-18-10-16(27-2)4-5-17(18)19;1-24-13-3-4-14-15(8-13)20-7-6-16(14)25-11-18-22-21-17-5-2-12(9-19)10-23(17)18/h2-14H,15H2,1H3;2-13H,14H2,1H3;2-14H,15H2,1H3;3-11,13H,12H2,1-2H3;2-8,10H,11H2,1H3. The molecular weight excluding hydrogens is 1930 g/mol. The highest BCUT2D eigenvalue weighted by Crippen LogP contribution is 2.39. The Morgan fingerprint density at radius 1 is 0.309 bits per heavy atom. The van der Waals surface area contributed by atoms with Crippen LogP contribution in [0.3, 0.4) is 0 Å². The summed E-state index contributed by atoms with van der Waals surface area (Å²) in [5, 5.41) is 60.9. The van der Waals surface area contributed by atoms with Gasteiger partial charge in [0, 0.05) is 104 Å². The summed E-state index contributed by atoms with van der Waals surface area (Å²) in [4.78, 5) is 9.96. The molecule has 0 radical (unpaired) electrons. The summed E-state index contributed by atoms with van der Waals surface area (Å²) >= 11 is 1.73. The van der Waals surface area contributed by atoms with Gasteiger partial charge in [-0.05, 0) is 263 Å². The molecule has 13 heterocycles. The predicted molar refractivity (Wildman–Crippen MR) is 550 cm³/mol. The molecule has 0 saturated carbocycles. The topological polar surface area (TPSA) is 302 Å². The Morgan fingerprint density at radius 2 is 0.678 bits per heavy atom. The number of rotatable bonds is 25. The number of aryl methyl sites for hydroxylation is 1. The van der Waals surface area contributed by atoms with E-state index in [0.717, 1.165) is 123 Å². The molecule has 0 amide bonds. The number of halogens is 6. The molecule has 0 bridgehead atoms. The van der Waals surface area contributed by atoms with Crippen LogP contribution in [-0.4, -0.2) is 125 Å². The van der Waals surface area contributed by atoms with Crippen LogP contribution in [0.5, 0.6) is 63.2 Å². The lowest BCUT2D eigenvalue weighted by molar-refractivity contribution is -0.274. The summed E-state index contributed by atoms with van der Waals surface area (Å²) in [5.41, 5.74) is 11.7. The fraction of sp³-hybridized carbons (Fsp3) is 0.106. The fourth-order valence-corrected chi connectivity index (χ4v) is 17.5. The first kappa shape index (κ1) is 97.1. The molecule has 0 unspecified atom stereocenters. The van der Waals surface area contributed by atoms with Crippen LogP contribution in [-0.2, 0) is 33.0 Å². The van der Waals surface area contributed by atoms with E-state index in [1.807, 2.05) is 191 Å². The molecule has 0 N–H and O–H groups in total. The molecule has 0 atom stereocenters. The third-order valence-corrected chi connectivity index (χ3v) is 25.2. The number of thiophene rings is 1. The van der Waals surface area contributed by atoms with Gasteiger partial charge in [-0.3, -0.25) is 32.0 Å². The Morgan fingerprint density at radius 3 is 1.09 bits per heavy atom. The van der Waals surface area contributed by atoms with Gasteiger partial charge in [-0.1, -0.05) is 72.8 Å². The minimum atomic E-state index is -4.76. The zero-order valence-corrected chi connectivity index (χ0v) is 80.9. The van der Waals surface area contributed by atoms with Crippen molar-refractivity contribution in [2.75, 3.05) is 35.5 Å². The van der Waals surface area contributed by atoms with Crippen molar-refractivity contribution < 1.29 is 78.4 Å². The molecule has 0 fully saturated rings. The number of aromatic nitrogens is 17. The molecule has 0 aliphatic carbocycles. The number of ether oxygens (including phenoxy) is 11. The van der Waals surface area contributed by atoms with E-state index in [9.17, 15) is 26.3 Å². The third kappa shape index (κ3) is 22.0. The number of nitriles is 1. The molecule has 0 spiro atoms. The highest BCUT2D eigenvalue weighted by atomic mass is 32.1. The van der Waals surface area contributed by atoms with E-state index in [-0.39, 0.29) is 38.0 Å². The van der Waals surface area contributed by atoms with E-state index in [4.69, 9.17) is 52.6 Å². The summed E-state index contributed by atoms with van der Waals surface area (Å²) in [5.74, 6) is 8.23. The van der Waals surface area contributed by atoms with Gasteiger partial charge in [0.2, 0.25) is 0 Å². The molecule has 36 heteroatoms. The second-order valence-electron chi connectivity index (χ2n) is 33.5. The van der Waals surface area contributed by atoms with Crippen LogP contribution in [0.4, 0.5) is 26.3 Å². The first-order valence-corrected chi connectivity index (χ1v) is 47.0. The van der Waals surface area contributed by atoms with Crippen molar-refractivity contribution in [1.29, 1.82) is 5.26 Å². The van der Waals surface area contributed by atoms with Crippen LogP contribution < -0.4 is 52.1 Å². The minimum absolute atomic E-state index is 0.146. The predicted octanol–water partition coefficient (Wildman–Crippen LogP) is 24.4. The molecule has 13 aromatic heterocycles. The van der Waals surface area contributed by atoms with E-state index < -0.39 is 18.0 Å². The van der Waals surface area contributed by atoms with Gasteiger partial charge in [0.15, 0.2) is 69.0 Å². The van der Waals surface area contributed by atoms with Crippen molar-refractivity contribution in [1.82, 2.24) is 83.0 Å². The Bertz CT molecular complexity index is 9110. The largest absolute Gasteiger partial charge is 0.573 e. The van der Waals surface area contributed by atoms with E-state index in [0.29, 0.717) is 103 Å². The maximum absolute atomic E-state index is 14.2. The van der Waals surface area contributed by atoms with Gasteiger partial charge in [-0.15, -0.1) is 75.5 Å². The van der Waals surface area contributed by atoms with Crippen molar-refractivity contribution in [3.05, 3.63) is 398 Å². The SMILES string of the molecule is COc1ccc2c(OCc3nnc4ccc(-c5cc(C)cs5)cn34)ccnc2c1.COc1ccc2c(OCc3nnc4ccc(-c5ccc(F)c(F)c5)cn34)cccc2c1.COc1ccc2c(OCc3nnc4ccc(-c5cccc(OC(F)(F)F)c5)cn34)cccc2c1.COc1ccc2c(OCc3nnc4ccc(-c5ccccc5F)cn34)cccc2c1.COc1ccc2c(OCc3nnc4ccc(C#N)cn34)ccnc2c1. The molecule has 149 heavy (non-hydrogen) atoms. The average Bonchev–Trinajstić information content (AvgIpc) is 1.68. The van der Waals surface area contributed by atoms with Crippen LogP contribution in [0.25, 0.3) is 126 Å². The van der Waals surface area contributed by atoms with Gasteiger partial charge < -0.3 is 52.1 Å². The van der Waals surface area contributed by atoms with Crippen molar-refractivity contribution in [3.63, 3.8) is 0 Å². The Balaban J connectivity index is 0.000000113. The summed E-state index contributed by atoms with van der Waals surface area (Å²) in [6.45, 7) is 3.19. The Hall–Kier alpha value is -19.3. The number of benzene rings is 11. The van der Waals surface area contributed by atoms with E-state index in [1.54, 1.807) is 152 Å². The Kier molecular flexibility index (Phi) is 28.3. The lowest BCUT2D eigenvalue weighted by atomic mass is 10.1. The van der Waals surface area contributed by atoms with Gasteiger partial charge in [-0.25, -0.2) is 13.2 Å². The monoisotopic (exact) mass is 2010 g/mol. The molecular formula is C113H84F6N18O11S. The molecule has 24 rings (SSSR count). The van der Waals surface area contributed by atoms with E-state index >= 15 is 0 Å². The van der Waals surface area contributed by atoms with Gasteiger partial charge in [-0.2, -0.15) is 5.26 Å². The van der Waals surface area contributed by atoms with Gasteiger partial charge in [0.25, 0.3) is 0 Å². The smallest absolute Gasteiger partial charge is 0.497 e. The number of hydrogen-bond donors (Lipinski definition) is 0. The minimum Gasteiger partial charge on any atom is -0.497 e. The average molecular weight is 2020 g/mol. The van der Waals surface area contributed by atoms with Crippen LogP contribution in [0.15, 0.2) is 340 Å². The van der Waals surface area contributed by atoms with Gasteiger partial charge >= 0.3 is 6.36 Å². The normalized spacial score (nSPS) is 11.2. The molecule has 0 aliphatic heterocycles. The van der Waals surface area contributed by atoms with Crippen LogP contribution in [0.1, 0.15) is 40.2 Å². The number of nitrogens with zero attached hydrogens (tertiary/aromatic N) is 18. The van der Waals surface area contributed by atoms with Crippen LogP contribution in [0, 0.1) is 35.7 Å². The number of fused-ring (bicyclic) bond motifs is 10. The number of hydrogen-bond acceptors (Lipinski definition) is 25. The van der Waals surface area contributed by atoms with Crippen molar-refractivity contribution in [2.45, 2.75) is 46.3 Å². The maximum Gasteiger partial charge on any atom is 0.573 e. The Labute approximate surface area is 848 Å². The third-order valence-electron chi connectivity index (χ3n) is 24.1. The molecule has 0 saturated heterocycles. The maximum atomic E-state index is 14.2. The highest BCUT2D eigenvalue weighted by molar-refractivity contribution is 7.13. The fourth-order valence-electron chi connectivity index (χ4n) is 16.6. The second-order valence-corrected chi connectivity index (χ2v) is 34.4. The molecule has 29 nitrogen and oxygen atoms in total.